The van der Waals surface area contributed by atoms with Gasteiger partial charge in [0.15, 0.2) is 0 Å². The normalized spacial score (nSPS) is 11.7. The van der Waals surface area contributed by atoms with Gasteiger partial charge in [0.1, 0.15) is 17.9 Å². The minimum atomic E-state index is -0.813. The molecular weight excluding hydrogens is 412 g/mol. The largest absolute Gasteiger partial charge is 0.489 e. The van der Waals surface area contributed by atoms with E-state index in [9.17, 15) is 14.4 Å². The third kappa shape index (κ3) is 7.25. The number of benzene rings is 1. The third-order valence-corrected chi connectivity index (χ3v) is 4.68. The molecule has 0 aliphatic rings. The van der Waals surface area contributed by atoms with E-state index in [-0.39, 0.29) is 23.0 Å². The Morgan fingerprint density at radius 2 is 1.41 bits per heavy atom. The monoisotopic (exact) mass is 446 g/mol. The molecule has 1 aromatic carbocycles. The Morgan fingerprint density at radius 1 is 0.844 bits per heavy atom. The van der Waals surface area contributed by atoms with Crippen LogP contribution in [-0.4, -0.2) is 45.8 Å². The zero-order valence-electron chi connectivity index (χ0n) is 20.5. The fourth-order valence-corrected chi connectivity index (χ4v) is 2.83. The maximum Gasteiger partial charge on any atom is 0.345 e. The first-order valence-corrected chi connectivity index (χ1v) is 10.2. The van der Waals surface area contributed by atoms with Crippen molar-refractivity contribution in [2.45, 2.75) is 52.4 Å². The smallest absolute Gasteiger partial charge is 0.345 e. The topological polar surface area (TPSA) is 88.1 Å². The Kier molecular flexibility index (Phi) is 9.24. The van der Waals surface area contributed by atoms with Crippen LogP contribution in [0.15, 0.2) is 29.9 Å². The Morgan fingerprint density at radius 3 is 1.84 bits per heavy atom. The first-order valence-electron chi connectivity index (χ1n) is 10.2. The molecule has 176 valence electrons. The quantitative estimate of drug-likeness (QED) is 0.205. The van der Waals surface area contributed by atoms with Crippen LogP contribution in [-0.2, 0) is 39.4 Å². The zero-order valence-corrected chi connectivity index (χ0v) is 20.5. The minimum absolute atomic E-state index is 0.0830. The second-order valence-corrected chi connectivity index (χ2v) is 9.22. The first-order chi connectivity index (χ1) is 14.8. The molecule has 0 unspecified atom stereocenters. The lowest BCUT2D eigenvalue weighted by Gasteiger charge is -2.29. The van der Waals surface area contributed by atoms with E-state index in [2.05, 4.69) is 31.6 Å². The Bertz CT molecular complexity index is 891. The second-order valence-electron chi connectivity index (χ2n) is 9.22. The lowest BCUT2D eigenvalue weighted by atomic mass is 9.78. The van der Waals surface area contributed by atoms with Crippen LogP contribution in [0, 0.1) is 0 Å². The van der Waals surface area contributed by atoms with Gasteiger partial charge in [0.05, 0.1) is 21.3 Å². The maximum absolute atomic E-state index is 12.3. The van der Waals surface area contributed by atoms with Crippen molar-refractivity contribution < 1.29 is 33.3 Å². The molecule has 0 saturated heterocycles. The molecule has 0 amide bonds. The van der Waals surface area contributed by atoms with Gasteiger partial charge in [-0.3, -0.25) is 0 Å². The lowest BCUT2D eigenvalue weighted by Crippen LogP contribution is -2.20. The number of hydrogen-bond donors (Lipinski definition) is 0. The second kappa shape index (κ2) is 11.0. The molecule has 1 aromatic rings. The zero-order chi connectivity index (χ0) is 24.7. The molecule has 0 heterocycles. The van der Waals surface area contributed by atoms with Gasteiger partial charge >= 0.3 is 17.9 Å². The van der Waals surface area contributed by atoms with Crippen LogP contribution in [0.3, 0.4) is 0 Å². The predicted molar refractivity (Wildman–Crippen MR) is 123 cm³/mol. The first kappa shape index (κ1) is 26.9. The highest BCUT2D eigenvalue weighted by Crippen LogP contribution is 2.39. The lowest BCUT2D eigenvalue weighted by molar-refractivity contribution is -0.144. The van der Waals surface area contributed by atoms with Crippen LogP contribution >= 0.6 is 0 Å². The molecule has 1 rings (SSSR count). The van der Waals surface area contributed by atoms with Crippen LogP contribution in [0.4, 0.5) is 0 Å². The summed E-state index contributed by atoms with van der Waals surface area (Å²) in [4.78, 5) is 35.9. The van der Waals surface area contributed by atoms with Crippen molar-refractivity contribution in [1.82, 2.24) is 0 Å². The highest BCUT2D eigenvalue weighted by molar-refractivity contribution is 6.17. The molecule has 7 heteroatoms. The highest BCUT2D eigenvalue weighted by atomic mass is 16.5. The van der Waals surface area contributed by atoms with Crippen LogP contribution in [0.2, 0.25) is 0 Å². The fraction of sp³-hybridized carbons (Fsp3) is 0.480. The standard InChI is InChI=1S/C25H34O7/c1-24(2,3)17-13-16(14-18(22(27)30-8)23(28)31-9)21(19(15-17)25(4,5)6)32-12-10-11-20(26)29-7/h10-11,13-15H,12H2,1-9H3/b11-10+. The molecule has 0 bridgehead atoms. The third-order valence-electron chi connectivity index (χ3n) is 4.68. The van der Waals surface area contributed by atoms with Crippen LogP contribution in [0.25, 0.3) is 6.08 Å². The van der Waals surface area contributed by atoms with Crippen LogP contribution in [0.5, 0.6) is 5.75 Å². The average molecular weight is 447 g/mol. The average Bonchev–Trinajstić information content (AvgIpc) is 2.72. The number of ether oxygens (including phenoxy) is 4. The van der Waals surface area contributed by atoms with Crippen molar-refractivity contribution in [3.63, 3.8) is 0 Å². The molecule has 0 radical (unpaired) electrons. The predicted octanol–water partition coefficient (Wildman–Crippen LogP) is 4.12. The molecule has 0 fully saturated rings. The highest BCUT2D eigenvalue weighted by Gasteiger charge is 2.27. The van der Waals surface area contributed by atoms with Crippen molar-refractivity contribution in [1.29, 1.82) is 0 Å². The summed E-state index contributed by atoms with van der Waals surface area (Å²) in [5.41, 5.74) is 1.64. The number of carbonyl (C=O) groups excluding carboxylic acids is 3. The number of hydrogen-bond acceptors (Lipinski definition) is 7. The number of esters is 3. The van der Waals surface area contributed by atoms with Gasteiger partial charge in [-0.15, -0.1) is 0 Å². The van der Waals surface area contributed by atoms with E-state index in [0.29, 0.717) is 11.3 Å². The summed E-state index contributed by atoms with van der Waals surface area (Å²) in [7, 11) is 3.68. The molecule has 0 atom stereocenters. The van der Waals surface area contributed by atoms with Gasteiger partial charge in [-0.2, -0.15) is 0 Å². The molecule has 32 heavy (non-hydrogen) atoms. The Balaban J connectivity index is 3.79. The molecule has 0 aromatic heterocycles. The van der Waals surface area contributed by atoms with Crippen molar-refractivity contribution in [3.05, 3.63) is 46.5 Å². The van der Waals surface area contributed by atoms with Crippen molar-refractivity contribution in [2.75, 3.05) is 27.9 Å². The van der Waals surface area contributed by atoms with E-state index in [1.807, 2.05) is 26.8 Å². The van der Waals surface area contributed by atoms with Gasteiger partial charge in [-0.05, 0) is 34.6 Å². The van der Waals surface area contributed by atoms with Crippen molar-refractivity contribution in [2.24, 2.45) is 0 Å². The Hall–Kier alpha value is -3.09. The van der Waals surface area contributed by atoms with Gasteiger partial charge in [-0.1, -0.05) is 47.6 Å². The van der Waals surface area contributed by atoms with Crippen LogP contribution < -0.4 is 4.74 Å². The van der Waals surface area contributed by atoms with Gasteiger partial charge in [0.2, 0.25) is 0 Å². The van der Waals surface area contributed by atoms with Crippen molar-refractivity contribution in [3.8, 4) is 5.75 Å². The Labute approximate surface area is 190 Å². The van der Waals surface area contributed by atoms with E-state index in [1.54, 1.807) is 0 Å². The van der Waals surface area contributed by atoms with Crippen molar-refractivity contribution >= 4 is 24.0 Å². The summed E-state index contributed by atoms with van der Waals surface area (Å²) in [6.07, 6.45) is 4.22. The summed E-state index contributed by atoms with van der Waals surface area (Å²) in [6, 6.07) is 3.94. The molecule has 0 spiro atoms. The number of rotatable bonds is 7. The minimum Gasteiger partial charge on any atom is -0.489 e. The molecular formula is C25H34O7. The van der Waals surface area contributed by atoms with Gasteiger partial charge in [-0.25, -0.2) is 14.4 Å². The summed E-state index contributed by atoms with van der Waals surface area (Å²) in [5, 5.41) is 0. The van der Waals surface area contributed by atoms with E-state index in [1.165, 1.54) is 39.6 Å². The van der Waals surface area contributed by atoms with Gasteiger partial charge < -0.3 is 18.9 Å². The molecule has 0 N–H and O–H groups in total. The SMILES string of the molecule is COC(=O)/C=C/COc1c(C=C(C(=O)OC)C(=O)OC)cc(C(C)(C)C)cc1C(C)(C)C. The number of methoxy groups -OCH3 is 3. The molecule has 0 aliphatic carbocycles. The maximum atomic E-state index is 12.3. The molecule has 0 aliphatic heterocycles. The molecule has 0 saturated carbocycles. The molecule has 7 nitrogen and oxygen atoms in total. The van der Waals surface area contributed by atoms with E-state index < -0.39 is 17.9 Å². The van der Waals surface area contributed by atoms with Gasteiger partial charge in [0.25, 0.3) is 0 Å². The fourth-order valence-electron chi connectivity index (χ4n) is 2.83. The summed E-state index contributed by atoms with van der Waals surface area (Å²) < 4.78 is 20.2. The van der Waals surface area contributed by atoms with Gasteiger partial charge in [0, 0.05) is 17.2 Å². The number of carbonyl (C=O) groups is 3. The van der Waals surface area contributed by atoms with E-state index in [4.69, 9.17) is 14.2 Å². The summed E-state index contributed by atoms with van der Waals surface area (Å²) >= 11 is 0. The summed E-state index contributed by atoms with van der Waals surface area (Å²) in [5.74, 6) is -1.63. The summed E-state index contributed by atoms with van der Waals surface area (Å²) in [6.45, 7) is 12.4. The van der Waals surface area contributed by atoms with E-state index >= 15 is 0 Å². The van der Waals surface area contributed by atoms with E-state index in [0.717, 1.165) is 11.1 Å². The van der Waals surface area contributed by atoms with Crippen LogP contribution in [0.1, 0.15) is 58.2 Å².